The molecule has 31 heavy (non-hydrogen) atoms. The predicted octanol–water partition coefficient (Wildman–Crippen LogP) is 4.49. The van der Waals surface area contributed by atoms with Crippen molar-refractivity contribution in [3.63, 3.8) is 0 Å². The van der Waals surface area contributed by atoms with Gasteiger partial charge in [0.05, 0.1) is 16.7 Å². The largest absolute Gasteiger partial charge is 0.384 e. The highest BCUT2D eigenvalue weighted by molar-refractivity contribution is 5.93. The Kier molecular flexibility index (Phi) is 4.84. The summed E-state index contributed by atoms with van der Waals surface area (Å²) >= 11 is 0. The number of fused-ring (bicyclic) bond motifs is 1. The van der Waals surface area contributed by atoms with Crippen LogP contribution in [-0.2, 0) is 5.60 Å². The third-order valence-corrected chi connectivity index (χ3v) is 6.63. The van der Waals surface area contributed by atoms with E-state index in [1.807, 2.05) is 36.4 Å². The Bertz CT molecular complexity index is 1230. The number of hydrogen-bond donors (Lipinski definition) is 3. The zero-order valence-corrected chi connectivity index (χ0v) is 17.6. The summed E-state index contributed by atoms with van der Waals surface area (Å²) in [5, 5.41) is 15.7. The summed E-state index contributed by atoms with van der Waals surface area (Å²) < 4.78 is 14.5. The van der Waals surface area contributed by atoms with Gasteiger partial charge < -0.3 is 15.4 Å². The highest BCUT2D eigenvalue weighted by atomic mass is 19.1. The van der Waals surface area contributed by atoms with E-state index in [1.54, 1.807) is 18.5 Å². The molecule has 0 saturated carbocycles. The molecule has 1 aliphatic heterocycles. The number of aliphatic hydroxyl groups is 1. The number of nitrogens with zero attached hydrogens (tertiary/aromatic N) is 2. The summed E-state index contributed by atoms with van der Waals surface area (Å²) in [7, 11) is 0. The van der Waals surface area contributed by atoms with E-state index in [2.05, 4.69) is 29.1 Å². The van der Waals surface area contributed by atoms with Gasteiger partial charge in [0.2, 0.25) is 0 Å². The summed E-state index contributed by atoms with van der Waals surface area (Å²) in [5.41, 5.74) is 3.50. The molecular weight excluding hydrogens is 391 g/mol. The third kappa shape index (κ3) is 3.14. The Balaban J connectivity index is 1.75. The van der Waals surface area contributed by atoms with Crippen molar-refractivity contribution in [1.29, 1.82) is 0 Å². The third-order valence-electron chi connectivity index (χ3n) is 6.63. The van der Waals surface area contributed by atoms with Crippen molar-refractivity contribution in [2.24, 2.45) is 11.8 Å². The van der Waals surface area contributed by atoms with E-state index in [4.69, 9.17) is 4.98 Å². The number of nitrogens with one attached hydrogen (secondary N) is 2. The second kappa shape index (κ2) is 7.55. The van der Waals surface area contributed by atoms with Crippen LogP contribution in [0.25, 0.3) is 33.4 Å². The molecule has 1 saturated heterocycles. The van der Waals surface area contributed by atoms with Crippen LogP contribution < -0.4 is 5.32 Å². The van der Waals surface area contributed by atoms with Crippen LogP contribution in [0.1, 0.15) is 19.4 Å². The Morgan fingerprint density at radius 1 is 1.03 bits per heavy atom. The molecule has 0 radical (unpaired) electrons. The number of rotatable bonds is 3. The number of H-pyrrole nitrogens is 1. The molecule has 4 heterocycles. The molecule has 4 aromatic rings. The van der Waals surface area contributed by atoms with Gasteiger partial charge in [-0.2, -0.15) is 0 Å². The van der Waals surface area contributed by atoms with Crippen LogP contribution in [0.4, 0.5) is 4.39 Å². The van der Waals surface area contributed by atoms with E-state index in [0.717, 1.165) is 29.8 Å². The fourth-order valence-corrected chi connectivity index (χ4v) is 4.85. The van der Waals surface area contributed by atoms with E-state index in [0.29, 0.717) is 22.3 Å². The summed E-state index contributed by atoms with van der Waals surface area (Å²) in [5.74, 6) is -0.327. The lowest BCUT2D eigenvalue weighted by molar-refractivity contribution is -0.0804. The first-order valence-electron chi connectivity index (χ1n) is 10.6. The van der Waals surface area contributed by atoms with E-state index < -0.39 is 5.60 Å². The van der Waals surface area contributed by atoms with E-state index in [1.165, 1.54) is 6.20 Å². The van der Waals surface area contributed by atoms with Crippen LogP contribution in [0.5, 0.6) is 0 Å². The smallest absolute Gasteiger partial charge is 0.150 e. The van der Waals surface area contributed by atoms with Gasteiger partial charge in [0.1, 0.15) is 5.65 Å². The van der Waals surface area contributed by atoms with E-state index in [-0.39, 0.29) is 17.7 Å². The van der Waals surface area contributed by atoms with E-state index in [9.17, 15) is 9.50 Å². The number of aromatic nitrogens is 3. The molecule has 1 aromatic carbocycles. The maximum Gasteiger partial charge on any atom is 0.150 e. The Morgan fingerprint density at radius 2 is 1.77 bits per heavy atom. The molecular formula is C25H25FN4O. The topological polar surface area (TPSA) is 73.8 Å². The zero-order chi connectivity index (χ0) is 21.6. The first-order chi connectivity index (χ1) is 15.0. The quantitative estimate of drug-likeness (QED) is 0.460. The van der Waals surface area contributed by atoms with Gasteiger partial charge in [0.25, 0.3) is 0 Å². The number of benzene rings is 1. The first kappa shape index (κ1) is 19.8. The van der Waals surface area contributed by atoms with E-state index >= 15 is 0 Å². The molecule has 0 aliphatic carbocycles. The van der Waals surface area contributed by atoms with Crippen molar-refractivity contribution in [3.8, 4) is 22.4 Å². The van der Waals surface area contributed by atoms with Gasteiger partial charge in [-0.3, -0.25) is 4.98 Å². The minimum absolute atomic E-state index is 0.0149. The van der Waals surface area contributed by atoms with Crippen LogP contribution in [0.15, 0.2) is 61.1 Å². The van der Waals surface area contributed by atoms with Crippen LogP contribution in [-0.4, -0.2) is 33.1 Å². The maximum atomic E-state index is 14.5. The van der Waals surface area contributed by atoms with Gasteiger partial charge in [0, 0.05) is 54.6 Å². The van der Waals surface area contributed by atoms with Crippen molar-refractivity contribution >= 4 is 11.0 Å². The lowest BCUT2D eigenvalue weighted by Crippen LogP contribution is -2.53. The van der Waals surface area contributed by atoms with Gasteiger partial charge >= 0.3 is 0 Å². The molecule has 1 fully saturated rings. The number of aromatic amines is 1. The fraction of sp³-hybridized carbons (Fsp3) is 0.280. The van der Waals surface area contributed by atoms with Crippen LogP contribution in [0, 0.1) is 17.7 Å². The Morgan fingerprint density at radius 3 is 2.52 bits per heavy atom. The summed E-state index contributed by atoms with van der Waals surface area (Å²) in [6.07, 6.45) is 4.73. The molecule has 3 N–H and O–H groups in total. The fourth-order valence-electron chi connectivity index (χ4n) is 4.85. The average Bonchev–Trinajstić information content (AvgIpc) is 3.19. The number of halogens is 1. The SMILES string of the molecule is C[C@@H]1CNC[C@H](C)C1(O)c1cnc(-c2ccnc3[nH]cc(F)c23)cc1-c1ccccc1. The van der Waals surface area contributed by atoms with Crippen molar-refractivity contribution in [2.45, 2.75) is 19.4 Å². The normalized spacial score (nSPS) is 23.9. The van der Waals surface area contributed by atoms with Crippen molar-refractivity contribution in [1.82, 2.24) is 20.3 Å². The molecule has 5 nitrogen and oxygen atoms in total. The molecule has 0 spiro atoms. The predicted molar refractivity (Wildman–Crippen MR) is 120 cm³/mol. The van der Waals surface area contributed by atoms with Crippen molar-refractivity contribution in [2.75, 3.05) is 13.1 Å². The molecule has 1 aliphatic rings. The molecule has 6 heteroatoms. The molecule has 158 valence electrons. The molecule has 3 atom stereocenters. The van der Waals surface area contributed by atoms with Crippen molar-refractivity contribution in [3.05, 3.63) is 72.4 Å². The lowest BCUT2D eigenvalue weighted by Gasteiger charge is -2.44. The molecule has 5 rings (SSSR count). The lowest BCUT2D eigenvalue weighted by atomic mass is 9.70. The Labute approximate surface area is 180 Å². The first-order valence-corrected chi connectivity index (χ1v) is 10.6. The van der Waals surface area contributed by atoms with Crippen LogP contribution >= 0.6 is 0 Å². The number of pyridine rings is 2. The monoisotopic (exact) mass is 416 g/mol. The zero-order valence-electron chi connectivity index (χ0n) is 17.6. The second-order valence-corrected chi connectivity index (χ2v) is 8.49. The highest BCUT2D eigenvalue weighted by Crippen LogP contribution is 2.44. The number of hydrogen-bond acceptors (Lipinski definition) is 4. The summed E-state index contributed by atoms with van der Waals surface area (Å²) in [6.45, 7) is 5.59. The number of piperidine rings is 1. The Hall–Kier alpha value is -3.09. The molecule has 0 amide bonds. The van der Waals surface area contributed by atoms with Gasteiger partial charge in [-0.1, -0.05) is 44.2 Å². The van der Waals surface area contributed by atoms with Crippen molar-refractivity contribution < 1.29 is 9.50 Å². The minimum Gasteiger partial charge on any atom is -0.384 e. The minimum atomic E-state index is -1.02. The highest BCUT2D eigenvalue weighted by Gasteiger charge is 2.45. The summed E-state index contributed by atoms with van der Waals surface area (Å²) in [4.78, 5) is 11.8. The van der Waals surface area contributed by atoms with Gasteiger partial charge in [0.15, 0.2) is 5.82 Å². The van der Waals surface area contributed by atoms with Crippen LogP contribution in [0.2, 0.25) is 0 Å². The van der Waals surface area contributed by atoms with Gasteiger partial charge in [-0.15, -0.1) is 0 Å². The van der Waals surface area contributed by atoms with Gasteiger partial charge in [-0.25, -0.2) is 9.37 Å². The average molecular weight is 417 g/mol. The van der Waals surface area contributed by atoms with Gasteiger partial charge in [-0.05, 0) is 23.3 Å². The summed E-state index contributed by atoms with van der Waals surface area (Å²) in [6, 6.07) is 13.7. The molecule has 3 aromatic heterocycles. The maximum absolute atomic E-state index is 14.5. The molecule has 0 bridgehead atoms. The standard InChI is InChI=1S/C25H25FN4O/c1-15-11-27-12-16(2)25(15,31)20-13-29-22(10-19(20)17-6-4-3-5-7-17)18-8-9-28-24-23(18)21(26)14-30-24/h3-10,13-16,27,31H,11-12H2,1-2H3,(H,28,30)/t15-,16+,25?. The van der Waals surface area contributed by atoms with Crippen LogP contribution in [0.3, 0.4) is 0 Å². The second-order valence-electron chi connectivity index (χ2n) is 8.49. The molecule has 1 unspecified atom stereocenters.